The van der Waals surface area contributed by atoms with Gasteiger partial charge in [0.15, 0.2) is 11.5 Å². The number of nitrogens with one attached hydrogen (secondary N) is 1. The van der Waals surface area contributed by atoms with Gasteiger partial charge in [-0.05, 0) is 42.0 Å². The van der Waals surface area contributed by atoms with Crippen LogP contribution in [0.1, 0.15) is 18.4 Å². The zero-order chi connectivity index (χ0) is 18.2. The summed E-state index contributed by atoms with van der Waals surface area (Å²) < 4.78 is 17.0. The third kappa shape index (κ3) is 5.55. The van der Waals surface area contributed by atoms with E-state index >= 15 is 0 Å². The molecule has 5 nitrogen and oxygen atoms in total. The maximum atomic E-state index is 10.4. The van der Waals surface area contributed by atoms with Crippen molar-refractivity contribution in [3.63, 3.8) is 0 Å². The summed E-state index contributed by atoms with van der Waals surface area (Å²) in [4.78, 5) is 0. The average molecular weight is 378 g/mol. The second-order valence-electron chi connectivity index (χ2n) is 6.62. The van der Waals surface area contributed by atoms with Gasteiger partial charge >= 0.3 is 0 Å². The second kappa shape index (κ2) is 9.52. The van der Waals surface area contributed by atoms with Crippen molar-refractivity contribution in [2.24, 2.45) is 0 Å². The van der Waals surface area contributed by atoms with Crippen molar-refractivity contribution < 1.29 is 19.3 Å². The van der Waals surface area contributed by atoms with E-state index < -0.39 is 5.60 Å². The molecule has 2 N–H and O–H groups in total. The van der Waals surface area contributed by atoms with Gasteiger partial charge in [0.1, 0.15) is 12.2 Å². The predicted octanol–water partition coefficient (Wildman–Crippen LogP) is 1.87. The van der Waals surface area contributed by atoms with E-state index in [9.17, 15) is 5.11 Å². The average Bonchev–Trinajstić information content (AvgIpc) is 2.67. The lowest BCUT2D eigenvalue weighted by atomic mass is 9.98. The molecule has 2 aliphatic rings. The van der Waals surface area contributed by atoms with E-state index in [-0.39, 0.29) is 12.7 Å². The molecule has 0 saturated carbocycles. The molecule has 3 rings (SSSR count). The summed E-state index contributed by atoms with van der Waals surface area (Å²) in [5.74, 6) is 9.24. The van der Waals surface area contributed by atoms with Gasteiger partial charge < -0.3 is 24.6 Å². The molecule has 2 aliphatic heterocycles. The molecule has 0 amide bonds. The van der Waals surface area contributed by atoms with Gasteiger partial charge in [-0.2, -0.15) is 11.8 Å². The van der Waals surface area contributed by atoms with Crippen LogP contribution in [-0.2, 0) is 11.2 Å². The molecule has 2 fully saturated rings. The van der Waals surface area contributed by atoms with Crippen molar-refractivity contribution in [2.75, 3.05) is 44.9 Å². The summed E-state index contributed by atoms with van der Waals surface area (Å²) in [7, 11) is 1.63. The Hall–Kier alpha value is -1.39. The van der Waals surface area contributed by atoms with Gasteiger partial charge in [-0.3, -0.25) is 0 Å². The first kappa shape index (κ1) is 19.4. The molecule has 1 unspecified atom stereocenters. The van der Waals surface area contributed by atoms with Crippen molar-refractivity contribution in [2.45, 2.75) is 31.0 Å². The molecule has 0 aliphatic carbocycles. The number of benzene rings is 1. The van der Waals surface area contributed by atoms with Crippen LogP contribution in [0.3, 0.4) is 0 Å². The van der Waals surface area contributed by atoms with Gasteiger partial charge in [0, 0.05) is 19.5 Å². The van der Waals surface area contributed by atoms with E-state index in [0.717, 1.165) is 56.0 Å². The first-order valence-electron chi connectivity index (χ1n) is 9.11. The summed E-state index contributed by atoms with van der Waals surface area (Å²) >= 11 is 1.86. The smallest absolute Gasteiger partial charge is 0.162 e. The quantitative estimate of drug-likeness (QED) is 0.764. The van der Waals surface area contributed by atoms with Gasteiger partial charge in [0.2, 0.25) is 0 Å². The molecule has 1 aromatic carbocycles. The number of thioether (sulfide) groups is 1. The van der Waals surface area contributed by atoms with Crippen molar-refractivity contribution in [3.05, 3.63) is 23.8 Å². The lowest BCUT2D eigenvalue weighted by molar-refractivity contribution is 0.0292. The fourth-order valence-electron chi connectivity index (χ4n) is 3.12. The molecule has 0 aromatic heterocycles. The molecule has 1 aromatic rings. The Kier molecular flexibility index (Phi) is 7.09. The van der Waals surface area contributed by atoms with Crippen LogP contribution in [0, 0.1) is 11.8 Å². The van der Waals surface area contributed by atoms with Gasteiger partial charge in [-0.25, -0.2) is 0 Å². The number of ether oxygens (including phenoxy) is 3. The number of methoxy groups -OCH3 is 1. The topological polar surface area (TPSA) is 60.0 Å². The molecule has 2 heterocycles. The van der Waals surface area contributed by atoms with Crippen molar-refractivity contribution in [1.29, 1.82) is 0 Å². The highest BCUT2D eigenvalue weighted by Crippen LogP contribution is 2.29. The monoisotopic (exact) mass is 377 g/mol. The molecular weight excluding hydrogens is 350 g/mol. The lowest BCUT2D eigenvalue weighted by Crippen LogP contribution is -2.39. The Morgan fingerprint density at radius 3 is 2.92 bits per heavy atom. The maximum absolute atomic E-state index is 10.4. The van der Waals surface area contributed by atoms with Crippen LogP contribution in [-0.4, -0.2) is 61.7 Å². The van der Waals surface area contributed by atoms with Gasteiger partial charge in [0.05, 0.1) is 19.8 Å². The number of rotatable bonds is 5. The highest BCUT2D eigenvalue weighted by atomic mass is 32.2. The fraction of sp³-hybridized carbons (Fsp3) is 0.600. The van der Waals surface area contributed by atoms with Crippen molar-refractivity contribution in [1.82, 2.24) is 5.32 Å². The van der Waals surface area contributed by atoms with E-state index in [2.05, 4.69) is 17.2 Å². The highest BCUT2D eigenvalue weighted by Gasteiger charge is 2.26. The summed E-state index contributed by atoms with van der Waals surface area (Å²) in [6.45, 7) is 2.76. The molecule has 0 bridgehead atoms. The number of aliphatic hydroxyl groups is 1. The van der Waals surface area contributed by atoms with Crippen LogP contribution in [0.4, 0.5) is 0 Å². The second-order valence-corrected chi connectivity index (χ2v) is 7.85. The van der Waals surface area contributed by atoms with Crippen LogP contribution in [0.5, 0.6) is 11.5 Å². The van der Waals surface area contributed by atoms with Gasteiger partial charge in [-0.1, -0.05) is 17.9 Å². The largest absolute Gasteiger partial charge is 0.493 e. The van der Waals surface area contributed by atoms with Crippen LogP contribution >= 0.6 is 11.8 Å². The van der Waals surface area contributed by atoms with Crippen LogP contribution in [0.25, 0.3) is 0 Å². The van der Waals surface area contributed by atoms with Gasteiger partial charge in [-0.15, -0.1) is 0 Å². The molecule has 2 saturated heterocycles. The standard InChI is InChI=1S/C20H27NO4S/c1-23-18-4-3-16(13-17-15-21-8-10-24-17)14-19(18)25-9-2-5-20(22)6-11-26-12-7-20/h3-4,14,17,21-22H,6-13,15H2,1H3. The Bertz CT molecular complexity index is 643. The number of hydrogen-bond acceptors (Lipinski definition) is 6. The minimum Gasteiger partial charge on any atom is -0.493 e. The zero-order valence-corrected chi connectivity index (χ0v) is 16.1. The fourth-order valence-corrected chi connectivity index (χ4v) is 4.29. The van der Waals surface area contributed by atoms with E-state index in [1.807, 2.05) is 30.0 Å². The maximum Gasteiger partial charge on any atom is 0.162 e. The lowest BCUT2D eigenvalue weighted by Gasteiger charge is -2.26. The summed E-state index contributed by atoms with van der Waals surface area (Å²) in [6.07, 6.45) is 2.46. The Morgan fingerprint density at radius 1 is 1.35 bits per heavy atom. The Balaban J connectivity index is 1.59. The van der Waals surface area contributed by atoms with E-state index in [1.165, 1.54) is 0 Å². The molecular formula is C20H27NO4S. The molecule has 0 radical (unpaired) electrons. The van der Waals surface area contributed by atoms with Gasteiger partial charge in [0.25, 0.3) is 0 Å². The van der Waals surface area contributed by atoms with E-state index in [1.54, 1.807) is 7.11 Å². The van der Waals surface area contributed by atoms with Crippen LogP contribution in [0.2, 0.25) is 0 Å². The normalized spacial score (nSPS) is 22.2. The third-order valence-electron chi connectivity index (χ3n) is 4.64. The predicted molar refractivity (Wildman–Crippen MR) is 104 cm³/mol. The zero-order valence-electron chi connectivity index (χ0n) is 15.3. The number of hydrogen-bond donors (Lipinski definition) is 2. The minimum atomic E-state index is -0.855. The molecule has 0 spiro atoms. The third-order valence-corrected chi connectivity index (χ3v) is 5.62. The first-order valence-corrected chi connectivity index (χ1v) is 10.3. The summed E-state index contributed by atoms with van der Waals surface area (Å²) in [5, 5.41) is 13.8. The SMILES string of the molecule is COc1ccc(CC2CNCCO2)cc1OCC#CC1(O)CCSCC1. The summed E-state index contributed by atoms with van der Waals surface area (Å²) in [6, 6.07) is 5.95. The highest BCUT2D eigenvalue weighted by molar-refractivity contribution is 7.99. The van der Waals surface area contributed by atoms with E-state index in [4.69, 9.17) is 14.2 Å². The first-order chi connectivity index (χ1) is 12.7. The summed E-state index contributed by atoms with van der Waals surface area (Å²) in [5.41, 5.74) is 0.289. The van der Waals surface area contributed by atoms with Crippen molar-refractivity contribution >= 4 is 11.8 Å². The molecule has 1 atom stereocenters. The number of morpholine rings is 1. The van der Waals surface area contributed by atoms with Crippen LogP contribution in [0.15, 0.2) is 18.2 Å². The molecule has 6 heteroatoms. The molecule has 142 valence electrons. The Labute approximate surface area is 159 Å². The van der Waals surface area contributed by atoms with Crippen molar-refractivity contribution in [3.8, 4) is 23.3 Å². The molecule has 26 heavy (non-hydrogen) atoms. The van der Waals surface area contributed by atoms with E-state index in [0.29, 0.717) is 11.5 Å². The van der Waals surface area contributed by atoms with Crippen LogP contribution < -0.4 is 14.8 Å². The Morgan fingerprint density at radius 2 is 2.19 bits per heavy atom. The minimum absolute atomic E-state index is 0.184.